The molecule has 0 bridgehead atoms. The lowest BCUT2D eigenvalue weighted by molar-refractivity contribution is -0.106. The maximum absolute atomic E-state index is 9.56. The molecule has 0 aromatic rings. The molecule has 0 aromatic heterocycles. The summed E-state index contributed by atoms with van der Waals surface area (Å²) in [7, 11) is 0. The average molecular weight is 243 g/mol. The molecule has 2 fully saturated rings. The van der Waals surface area contributed by atoms with Crippen LogP contribution < -0.4 is 5.32 Å². The molecule has 2 N–H and O–H groups in total. The van der Waals surface area contributed by atoms with E-state index in [1.165, 1.54) is 12.8 Å². The highest BCUT2D eigenvalue weighted by Gasteiger charge is 2.40. The number of rotatable bonds is 1. The molecule has 2 saturated heterocycles. The minimum atomic E-state index is -0.398. The number of hydrogen-bond acceptors (Lipinski definition) is 3. The summed E-state index contributed by atoms with van der Waals surface area (Å²) in [6, 6.07) is 0.728. The molecule has 0 spiro atoms. The van der Waals surface area contributed by atoms with Crippen LogP contribution in [0.2, 0.25) is 0 Å². The molecular formula is C9H20Cl2N2O. The number of piperidine rings is 1. The fourth-order valence-electron chi connectivity index (χ4n) is 2.26. The molecule has 0 saturated carbocycles. The Hall–Kier alpha value is 0.460. The van der Waals surface area contributed by atoms with E-state index >= 15 is 0 Å². The van der Waals surface area contributed by atoms with Gasteiger partial charge in [-0.25, -0.2) is 0 Å². The van der Waals surface area contributed by atoms with Crippen molar-refractivity contribution in [2.24, 2.45) is 0 Å². The van der Waals surface area contributed by atoms with E-state index in [4.69, 9.17) is 0 Å². The standard InChI is InChI=1S/C9H18N2O.2ClH/c1-9(12)6-11(7-9)8-2-4-10-5-3-8;;/h8,10,12H,2-7H2,1H3;2*1H. The lowest BCUT2D eigenvalue weighted by Crippen LogP contribution is -2.64. The molecule has 2 heterocycles. The summed E-state index contributed by atoms with van der Waals surface area (Å²) in [6.45, 7) is 5.95. The summed E-state index contributed by atoms with van der Waals surface area (Å²) in [5.74, 6) is 0. The van der Waals surface area contributed by atoms with Crippen LogP contribution >= 0.6 is 24.8 Å². The number of nitrogens with one attached hydrogen (secondary N) is 1. The van der Waals surface area contributed by atoms with Gasteiger partial charge in [0.1, 0.15) is 0 Å². The summed E-state index contributed by atoms with van der Waals surface area (Å²) in [5, 5.41) is 12.9. The maximum Gasteiger partial charge on any atom is 0.0872 e. The highest BCUT2D eigenvalue weighted by Crippen LogP contribution is 2.25. The summed E-state index contributed by atoms with van der Waals surface area (Å²) in [6.07, 6.45) is 2.49. The average Bonchev–Trinajstić information content (AvgIpc) is 2.02. The molecule has 0 aromatic carbocycles. The molecule has 2 aliphatic rings. The SMILES string of the molecule is CC1(O)CN(C2CCNCC2)C1.Cl.Cl. The van der Waals surface area contributed by atoms with Crippen LogP contribution in [0.3, 0.4) is 0 Å². The fraction of sp³-hybridized carbons (Fsp3) is 1.00. The van der Waals surface area contributed by atoms with E-state index in [2.05, 4.69) is 10.2 Å². The zero-order valence-corrected chi connectivity index (χ0v) is 10.2. The van der Waals surface area contributed by atoms with Gasteiger partial charge < -0.3 is 10.4 Å². The third kappa shape index (κ3) is 3.24. The smallest absolute Gasteiger partial charge is 0.0872 e. The first-order valence-electron chi connectivity index (χ1n) is 4.84. The van der Waals surface area contributed by atoms with Gasteiger partial charge in [-0.1, -0.05) is 0 Å². The Kier molecular flexibility index (Phi) is 5.70. The van der Waals surface area contributed by atoms with E-state index in [1.54, 1.807) is 0 Å². The van der Waals surface area contributed by atoms with Gasteiger partial charge in [-0.05, 0) is 32.9 Å². The fourth-order valence-corrected chi connectivity index (χ4v) is 2.26. The first-order valence-corrected chi connectivity index (χ1v) is 4.84. The number of β-amino-alcohol motifs (C(OH)–C–C–N with tert-alkyl or cyclic N) is 1. The van der Waals surface area contributed by atoms with Crippen LogP contribution in [-0.2, 0) is 0 Å². The van der Waals surface area contributed by atoms with E-state index < -0.39 is 5.60 Å². The van der Waals surface area contributed by atoms with Gasteiger partial charge >= 0.3 is 0 Å². The van der Waals surface area contributed by atoms with Crippen molar-refractivity contribution >= 4 is 24.8 Å². The third-order valence-corrected chi connectivity index (χ3v) is 2.91. The van der Waals surface area contributed by atoms with Crippen molar-refractivity contribution in [3.8, 4) is 0 Å². The Morgan fingerprint density at radius 3 is 2.14 bits per heavy atom. The van der Waals surface area contributed by atoms with Gasteiger partial charge in [-0.15, -0.1) is 24.8 Å². The minimum absolute atomic E-state index is 0. The molecule has 2 rings (SSSR count). The Balaban J connectivity index is 0.000000845. The maximum atomic E-state index is 9.56. The van der Waals surface area contributed by atoms with E-state index in [0.717, 1.165) is 32.2 Å². The minimum Gasteiger partial charge on any atom is -0.388 e. The largest absolute Gasteiger partial charge is 0.388 e. The van der Waals surface area contributed by atoms with Crippen LogP contribution in [0.4, 0.5) is 0 Å². The van der Waals surface area contributed by atoms with E-state index in [9.17, 15) is 5.11 Å². The van der Waals surface area contributed by atoms with Gasteiger partial charge in [-0.2, -0.15) is 0 Å². The van der Waals surface area contributed by atoms with Crippen LogP contribution in [0.5, 0.6) is 0 Å². The summed E-state index contributed by atoms with van der Waals surface area (Å²) < 4.78 is 0. The number of halogens is 2. The molecule has 0 unspecified atom stereocenters. The summed E-state index contributed by atoms with van der Waals surface area (Å²) in [4.78, 5) is 2.40. The Labute approximate surface area is 98.1 Å². The van der Waals surface area contributed by atoms with Gasteiger partial charge in [-0.3, -0.25) is 4.90 Å². The van der Waals surface area contributed by atoms with Crippen molar-refractivity contribution in [1.82, 2.24) is 10.2 Å². The molecule has 0 aliphatic carbocycles. The van der Waals surface area contributed by atoms with E-state index in [1.807, 2.05) is 6.92 Å². The van der Waals surface area contributed by atoms with Crippen LogP contribution in [0.25, 0.3) is 0 Å². The number of aliphatic hydroxyl groups is 1. The highest BCUT2D eigenvalue weighted by molar-refractivity contribution is 5.85. The van der Waals surface area contributed by atoms with Crippen molar-refractivity contribution < 1.29 is 5.11 Å². The van der Waals surface area contributed by atoms with E-state index in [0.29, 0.717) is 0 Å². The molecule has 0 amide bonds. The monoisotopic (exact) mass is 242 g/mol. The van der Waals surface area contributed by atoms with E-state index in [-0.39, 0.29) is 24.8 Å². The second-order valence-corrected chi connectivity index (χ2v) is 4.38. The molecule has 14 heavy (non-hydrogen) atoms. The van der Waals surface area contributed by atoms with Gasteiger partial charge in [0.2, 0.25) is 0 Å². The lowest BCUT2D eigenvalue weighted by Gasteiger charge is -2.49. The zero-order valence-electron chi connectivity index (χ0n) is 8.53. The Morgan fingerprint density at radius 1 is 1.21 bits per heavy atom. The van der Waals surface area contributed by atoms with Gasteiger partial charge in [0.05, 0.1) is 5.60 Å². The molecule has 2 aliphatic heterocycles. The molecule has 5 heteroatoms. The normalized spacial score (nSPS) is 27.0. The Morgan fingerprint density at radius 2 is 1.71 bits per heavy atom. The first kappa shape index (κ1) is 14.5. The second-order valence-electron chi connectivity index (χ2n) is 4.38. The van der Waals surface area contributed by atoms with Gasteiger partial charge in [0.25, 0.3) is 0 Å². The van der Waals surface area contributed by atoms with Crippen molar-refractivity contribution in [1.29, 1.82) is 0 Å². The van der Waals surface area contributed by atoms with Crippen LogP contribution in [0, 0.1) is 0 Å². The van der Waals surface area contributed by atoms with Crippen LogP contribution in [0.1, 0.15) is 19.8 Å². The topological polar surface area (TPSA) is 35.5 Å². The lowest BCUT2D eigenvalue weighted by atomic mass is 9.91. The van der Waals surface area contributed by atoms with Crippen LogP contribution in [0.15, 0.2) is 0 Å². The molecule has 3 nitrogen and oxygen atoms in total. The van der Waals surface area contributed by atoms with Crippen molar-refractivity contribution in [2.45, 2.75) is 31.4 Å². The molecule has 0 atom stereocenters. The molecular weight excluding hydrogens is 223 g/mol. The Bertz CT molecular complexity index is 164. The first-order chi connectivity index (χ1) is 5.67. The van der Waals surface area contributed by atoms with Crippen LogP contribution in [-0.4, -0.2) is 47.8 Å². The van der Waals surface area contributed by atoms with Crippen molar-refractivity contribution in [3.05, 3.63) is 0 Å². The molecule has 0 radical (unpaired) electrons. The van der Waals surface area contributed by atoms with Crippen molar-refractivity contribution in [3.63, 3.8) is 0 Å². The van der Waals surface area contributed by atoms with Gasteiger partial charge in [0.15, 0.2) is 0 Å². The third-order valence-electron chi connectivity index (χ3n) is 2.91. The predicted octanol–water partition coefficient (Wildman–Crippen LogP) is 0.649. The number of hydrogen-bond donors (Lipinski definition) is 2. The van der Waals surface area contributed by atoms with Crippen molar-refractivity contribution in [2.75, 3.05) is 26.2 Å². The van der Waals surface area contributed by atoms with Gasteiger partial charge in [0, 0.05) is 19.1 Å². The highest BCUT2D eigenvalue weighted by atomic mass is 35.5. The number of likely N-dealkylation sites (tertiary alicyclic amines) is 1. The predicted molar refractivity (Wildman–Crippen MR) is 62.6 cm³/mol. The number of nitrogens with zero attached hydrogens (tertiary/aromatic N) is 1. The summed E-state index contributed by atoms with van der Waals surface area (Å²) in [5.41, 5.74) is -0.398. The quantitative estimate of drug-likeness (QED) is 0.709. The zero-order chi connectivity index (χ0) is 8.60. The summed E-state index contributed by atoms with van der Waals surface area (Å²) >= 11 is 0. The second kappa shape index (κ2) is 5.52. The molecule has 86 valence electrons.